The van der Waals surface area contributed by atoms with Crippen LogP contribution in [0.4, 0.5) is 10.1 Å². The van der Waals surface area contributed by atoms with Crippen LogP contribution in [-0.4, -0.2) is 11.1 Å². The molecule has 0 saturated heterocycles. The Kier molecular flexibility index (Phi) is 4.05. The van der Waals surface area contributed by atoms with Gasteiger partial charge in [0, 0.05) is 5.69 Å². The van der Waals surface area contributed by atoms with E-state index in [0.29, 0.717) is 11.3 Å². The highest BCUT2D eigenvalue weighted by molar-refractivity contribution is 5.92. The second kappa shape index (κ2) is 5.92. The summed E-state index contributed by atoms with van der Waals surface area (Å²) in [5, 5.41) is 17.8. The Morgan fingerprint density at radius 2 is 2.10 bits per heavy atom. The number of anilines is 1. The molecule has 0 aliphatic heterocycles. The molecular weight excluding hydrogens is 275 g/mol. The zero-order valence-electron chi connectivity index (χ0n) is 10.8. The van der Waals surface area contributed by atoms with Crippen molar-refractivity contribution in [3.05, 3.63) is 58.9 Å². The van der Waals surface area contributed by atoms with Gasteiger partial charge in [-0.25, -0.2) is 9.18 Å². The first-order chi connectivity index (χ1) is 9.99. The van der Waals surface area contributed by atoms with E-state index in [2.05, 4.69) is 0 Å². The molecule has 0 radical (unpaired) electrons. The lowest BCUT2D eigenvalue weighted by Crippen LogP contribution is -2.04. The van der Waals surface area contributed by atoms with E-state index in [-0.39, 0.29) is 23.5 Å². The van der Waals surface area contributed by atoms with E-state index >= 15 is 0 Å². The summed E-state index contributed by atoms with van der Waals surface area (Å²) in [5.74, 6) is -1.60. The van der Waals surface area contributed by atoms with Crippen LogP contribution in [0, 0.1) is 17.1 Å². The molecule has 0 fully saturated rings. The predicted octanol–water partition coefficient (Wildman–Crippen LogP) is 2.56. The summed E-state index contributed by atoms with van der Waals surface area (Å²) in [6.45, 7) is -0.0589. The van der Waals surface area contributed by atoms with Crippen LogP contribution in [0.5, 0.6) is 5.75 Å². The number of carboxylic acids is 1. The number of halogens is 1. The maximum Gasteiger partial charge on any atom is 0.339 e. The van der Waals surface area contributed by atoms with E-state index in [1.165, 1.54) is 30.3 Å². The lowest BCUT2D eigenvalue weighted by atomic mass is 10.1. The number of hydrogen-bond acceptors (Lipinski definition) is 4. The third-order valence-corrected chi connectivity index (χ3v) is 2.72. The maximum absolute atomic E-state index is 13.3. The number of nitriles is 1. The minimum absolute atomic E-state index is 0.0589. The summed E-state index contributed by atoms with van der Waals surface area (Å²) in [6, 6.07) is 9.86. The Balaban J connectivity index is 2.23. The molecule has 0 aliphatic carbocycles. The van der Waals surface area contributed by atoms with Crippen LogP contribution in [0.15, 0.2) is 36.4 Å². The molecule has 0 heterocycles. The molecule has 2 aromatic rings. The van der Waals surface area contributed by atoms with Crippen molar-refractivity contribution in [2.45, 2.75) is 6.61 Å². The summed E-state index contributed by atoms with van der Waals surface area (Å²) in [4.78, 5) is 11.1. The topological polar surface area (TPSA) is 96.3 Å². The Hall–Kier alpha value is -3.07. The maximum atomic E-state index is 13.3. The molecule has 2 rings (SSSR count). The van der Waals surface area contributed by atoms with Gasteiger partial charge in [0.25, 0.3) is 0 Å². The zero-order chi connectivity index (χ0) is 15.4. The van der Waals surface area contributed by atoms with E-state index in [9.17, 15) is 9.18 Å². The van der Waals surface area contributed by atoms with Crippen molar-refractivity contribution in [1.29, 1.82) is 5.26 Å². The molecule has 0 atom stereocenters. The van der Waals surface area contributed by atoms with Gasteiger partial charge in [0.05, 0.1) is 11.6 Å². The van der Waals surface area contributed by atoms with Gasteiger partial charge in [-0.05, 0) is 42.0 Å². The summed E-state index contributed by atoms with van der Waals surface area (Å²) >= 11 is 0. The number of aromatic carboxylic acids is 1. The van der Waals surface area contributed by atoms with Crippen molar-refractivity contribution < 1.29 is 19.0 Å². The molecule has 5 nitrogen and oxygen atoms in total. The third kappa shape index (κ3) is 3.48. The molecule has 0 amide bonds. The smallest absolute Gasteiger partial charge is 0.339 e. The van der Waals surface area contributed by atoms with Gasteiger partial charge in [-0.15, -0.1) is 0 Å². The Labute approximate surface area is 120 Å². The van der Waals surface area contributed by atoms with Crippen LogP contribution in [0.25, 0.3) is 0 Å². The van der Waals surface area contributed by atoms with Crippen LogP contribution in [0.1, 0.15) is 21.5 Å². The molecular formula is C15H11FN2O3. The van der Waals surface area contributed by atoms with E-state index < -0.39 is 11.8 Å². The van der Waals surface area contributed by atoms with Crippen LogP contribution in [-0.2, 0) is 6.61 Å². The van der Waals surface area contributed by atoms with Crippen LogP contribution >= 0.6 is 0 Å². The lowest BCUT2D eigenvalue weighted by Gasteiger charge is -2.10. The fourth-order valence-electron chi connectivity index (χ4n) is 1.80. The summed E-state index contributed by atoms with van der Waals surface area (Å²) in [5.41, 5.74) is 6.35. The van der Waals surface area contributed by atoms with Gasteiger partial charge in [-0.2, -0.15) is 5.26 Å². The molecule has 0 unspecified atom stereocenters. The normalized spacial score (nSPS) is 9.90. The fourth-order valence-corrected chi connectivity index (χ4v) is 1.80. The average Bonchev–Trinajstić information content (AvgIpc) is 2.45. The first-order valence-corrected chi connectivity index (χ1v) is 5.95. The van der Waals surface area contributed by atoms with E-state index in [1.54, 1.807) is 0 Å². The molecule has 106 valence electrons. The zero-order valence-corrected chi connectivity index (χ0v) is 10.8. The summed E-state index contributed by atoms with van der Waals surface area (Å²) in [6.07, 6.45) is 0. The van der Waals surface area contributed by atoms with Gasteiger partial charge in [-0.1, -0.05) is 0 Å². The SMILES string of the molecule is N#Cc1cc(F)cc(COc2ccc(N)cc2C(=O)O)c1. The fraction of sp³-hybridized carbons (Fsp3) is 0.0667. The molecule has 21 heavy (non-hydrogen) atoms. The van der Waals surface area contributed by atoms with Crippen molar-refractivity contribution in [1.82, 2.24) is 0 Å². The van der Waals surface area contributed by atoms with Gasteiger partial charge < -0.3 is 15.6 Å². The number of nitrogens with zero attached hydrogens (tertiary/aromatic N) is 1. The van der Waals surface area contributed by atoms with Crippen LogP contribution in [0.3, 0.4) is 0 Å². The van der Waals surface area contributed by atoms with Gasteiger partial charge in [-0.3, -0.25) is 0 Å². The quantitative estimate of drug-likeness (QED) is 0.842. The Morgan fingerprint density at radius 1 is 1.33 bits per heavy atom. The summed E-state index contributed by atoms with van der Waals surface area (Å²) < 4.78 is 18.7. The number of nitrogen functional groups attached to an aromatic ring is 1. The molecule has 3 N–H and O–H groups in total. The van der Waals surface area contributed by atoms with E-state index in [0.717, 1.165) is 6.07 Å². The van der Waals surface area contributed by atoms with Crippen molar-refractivity contribution in [2.24, 2.45) is 0 Å². The average molecular weight is 286 g/mol. The Morgan fingerprint density at radius 3 is 2.76 bits per heavy atom. The van der Waals surface area contributed by atoms with Crippen molar-refractivity contribution in [2.75, 3.05) is 5.73 Å². The molecule has 0 saturated carbocycles. The van der Waals surface area contributed by atoms with E-state index in [4.69, 9.17) is 20.8 Å². The second-order valence-corrected chi connectivity index (χ2v) is 4.31. The molecule has 0 aromatic heterocycles. The first-order valence-electron chi connectivity index (χ1n) is 5.95. The second-order valence-electron chi connectivity index (χ2n) is 4.31. The number of nitrogens with two attached hydrogens (primary N) is 1. The minimum Gasteiger partial charge on any atom is -0.488 e. The molecule has 6 heteroatoms. The summed E-state index contributed by atoms with van der Waals surface area (Å²) in [7, 11) is 0. The number of ether oxygens (including phenoxy) is 1. The van der Waals surface area contributed by atoms with Crippen molar-refractivity contribution >= 4 is 11.7 Å². The van der Waals surface area contributed by atoms with Crippen molar-refractivity contribution in [3.63, 3.8) is 0 Å². The number of rotatable bonds is 4. The van der Waals surface area contributed by atoms with E-state index in [1.807, 2.05) is 6.07 Å². The number of carboxylic acid groups (broad SMARTS) is 1. The number of carbonyl (C=O) groups is 1. The van der Waals surface area contributed by atoms with Gasteiger partial charge >= 0.3 is 5.97 Å². The molecule has 0 aliphatic rings. The highest BCUT2D eigenvalue weighted by Crippen LogP contribution is 2.23. The standard InChI is InChI=1S/C15H11FN2O3/c16-11-4-9(7-17)3-10(5-11)8-21-14-2-1-12(18)6-13(14)15(19)20/h1-6H,8,18H2,(H,19,20). The number of benzene rings is 2. The van der Waals surface area contributed by atoms with Gasteiger partial charge in [0.15, 0.2) is 0 Å². The van der Waals surface area contributed by atoms with Gasteiger partial charge in [0.2, 0.25) is 0 Å². The van der Waals surface area contributed by atoms with Gasteiger partial charge in [0.1, 0.15) is 23.7 Å². The molecule has 0 spiro atoms. The highest BCUT2D eigenvalue weighted by Gasteiger charge is 2.12. The Bertz CT molecular complexity index is 738. The first kappa shape index (κ1) is 14.3. The predicted molar refractivity (Wildman–Crippen MR) is 73.3 cm³/mol. The molecule has 0 bridgehead atoms. The monoisotopic (exact) mass is 286 g/mol. The lowest BCUT2D eigenvalue weighted by molar-refractivity contribution is 0.0692. The third-order valence-electron chi connectivity index (χ3n) is 2.72. The minimum atomic E-state index is -1.17. The van der Waals surface area contributed by atoms with Crippen LogP contribution in [0.2, 0.25) is 0 Å². The van der Waals surface area contributed by atoms with Crippen molar-refractivity contribution in [3.8, 4) is 11.8 Å². The largest absolute Gasteiger partial charge is 0.488 e. The highest BCUT2D eigenvalue weighted by atomic mass is 19.1. The number of hydrogen-bond donors (Lipinski definition) is 2. The van der Waals surface area contributed by atoms with Crippen LogP contribution < -0.4 is 10.5 Å². The molecule has 2 aromatic carbocycles.